The summed E-state index contributed by atoms with van der Waals surface area (Å²) in [6.07, 6.45) is 12.5. The Balaban J connectivity index is 1.83. The van der Waals surface area contributed by atoms with Gasteiger partial charge < -0.3 is 5.11 Å². The maximum atomic E-state index is 12.0. The molecule has 0 aromatic rings. The fourth-order valence-corrected chi connectivity index (χ4v) is 5.30. The third kappa shape index (κ3) is 3.10. The van der Waals surface area contributed by atoms with Gasteiger partial charge in [0.05, 0.1) is 6.10 Å². The first-order valence-electron chi connectivity index (χ1n) is 9.18. The Morgan fingerprint density at radius 3 is 2.78 bits per heavy atom. The van der Waals surface area contributed by atoms with Crippen molar-refractivity contribution < 1.29 is 9.90 Å². The molecule has 3 fully saturated rings. The summed E-state index contributed by atoms with van der Waals surface area (Å²) in [7, 11) is 0. The van der Waals surface area contributed by atoms with Gasteiger partial charge in [-0.3, -0.25) is 4.79 Å². The first-order valence-corrected chi connectivity index (χ1v) is 9.18. The molecule has 3 saturated carbocycles. The predicted molar refractivity (Wildman–Crippen MR) is 94.0 cm³/mol. The normalized spacial score (nSPS) is 41.3. The summed E-state index contributed by atoms with van der Waals surface area (Å²) < 4.78 is 0. The number of hydrogen-bond acceptors (Lipinski definition) is 2. The molecule has 0 bridgehead atoms. The van der Waals surface area contributed by atoms with E-state index in [0.717, 1.165) is 38.5 Å². The quantitative estimate of drug-likeness (QED) is 0.799. The topological polar surface area (TPSA) is 37.3 Å². The van der Waals surface area contributed by atoms with Crippen LogP contribution in [0, 0.1) is 17.3 Å². The molecule has 0 heterocycles. The largest absolute Gasteiger partial charge is 0.393 e. The summed E-state index contributed by atoms with van der Waals surface area (Å²) in [5.74, 6) is 1.18. The standard InChI is InChI=1S/C21H30O2/c1-14-6-9-18(23)13-17(14)8-7-16-5-4-12-21(3)19(15(2)22)10-11-20(16)21/h7-8,18-20,23H,1,4-6,9-13H2,2-3H3/b16-7+,17-8-/t18-,19?,20?,21+/m0/s1. The van der Waals surface area contributed by atoms with E-state index in [2.05, 4.69) is 25.7 Å². The van der Waals surface area contributed by atoms with Crippen molar-refractivity contribution in [3.63, 3.8) is 0 Å². The number of rotatable bonds is 2. The average molecular weight is 314 g/mol. The lowest BCUT2D eigenvalue weighted by molar-refractivity contribution is -0.124. The van der Waals surface area contributed by atoms with Crippen molar-refractivity contribution in [3.8, 4) is 0 Å². The first kappa shape index (κ1) is 16.7. The van der Waals surface area contributed by atoms with Crippen LogP contribution in [-0.4, -0.2) is 17.0 Å². The number of Topliss-reactive ketones (excluding diaryl/α,β-unsaturated/α-hetero) is 1. The van der Waals surface area contributed by atoms with Gasteiger partial charge in [-0.15, -0.1) is 0 Å². The molecular weight excluding hydrogens is 284 g/mol. The first-order chi connectivity index (χ1) is 10.9. The fourth-order valence-electron chi connectivity index (χ4n) is 5.30. The average Bonchev–Trinajstić information content (AvgIpc) is 2.86. The summed E-state index contributed by atoms with van der Waals surface area (Å²) >= 11 is 0. The molecule has 0 spiro atoms. The molecule has 2 nitrogen and oxygen atoms in total. The van der Waals surface area contributed by atoms with Gasteiger partial charge in [-0.2, -0.15) is 0 Å². The van der Waals surface area contributed by atoms with Crippen molar-refractivity contribution in [1.82, 2.24) is 0 Å². The highest BCUT2D eigenvalue weighted by Crippen LogP contribution is 2.57. The minimum Gasteiger partial charge on any atom is -0.393 e. The van der Waals surface area contributed by atoms with E-state index in [1.54, 1.807) is 6.92 Å². The Morgan fingerprint density at radius 1 is 1.26 bits per heavy atom. The molecule has 3 rings (SSSR count). The number of carbonyl (C=O) groups is 1. The van der Waals surface area contributed by atoms with Gasteiger partial charge in [0, 0.05) is 5.92 Å². The molecule has 0 aromatic carbocycles. The number of carbonyl (C=O) groups excluding carboxylic acids is 1. The lowest BCUT2D eigenvalue weighted by Crippen LogP contribution is -2.36. The zero-order valence-electron chi connectivity index (χ0n) is 14.6. The van der Waals surface area contributed by atoms with E-state index in [1.807, 2.05) is 0 Å². The van der Waals surface area contributed by atoms with Crippen LogP contribution in [0.25, 0.3) is 0 Å². The monoisotopic (exact) mass is 314 g/mol. The summed E-state index contributed by atoms with van der Waals surface area (Å²) in [6, 6.07) is 0. The zero-order chi connectivity index (χ0) is 16.6. The number of allylic oxidation sites excluding steroid dienone is 4. The van der Waals surface area contributed by atoms with Crippen LogP contribution in [0.5, 0.6) is 0 Å². The second kappa shape index (κ2) is 6.39. The summed E-state index contributed by atoms with van der Waals surface area (Å²) in [6.45, 7) is 8.26. The van der Waals surface area contributed by atoms with E-state index in [-0.39, 0.29) is 17.4 Å². The SMILES string of the molecule is C=C1CC[C@H](O)C/C1=C/C=C1\CCC[C@]2(C)C(C(C)=O)CCC12. The predicted octanol–water partition coefficient (Wildman–Crippen LogP) is 4.75. The molecule has 3 aliphatic carbocycles. The van der Waals surface area contributed by atoms with Gasteiger partial charge in [0.2, 0.25) is 0 Å². The molecule has 0 amide bonds. The van der Waals surface area contributed by atoms with Crippen LogP contribution in [0.3, 0.4) is 0 Å². The van der Waals surface area contributed by atoms with Gasteiger partial charge in [-0.25, -0.2) is 0 Å². The van der Waals surface area contributed by atoms with Crippen molar-refractivity contribution in [2.45, 2.75) is 71.3 Å². The van der Waals surface area contributed by atoms with E-state index in [4.69, 9.17) is 0 Å². The molecule has 3 aliphatic rings. The van der Waals surface area contributed by atoms with Gasteiger partial charge in [0.25, 0.3) is 0 Å². The fraction of sp³-hybridized carbons (Fsp3) is 0.667. The third-order valence-electron chi connectivity index (χ3n) is 6.64. The Bertz CT molecular complexity index is 568. The second-order valence-electron chi connectivity index (χ2n) is 8.09. The summed E-state index contributed by atoms with van der Waals surface area (Å²) in [5, 5.41) is 9.88. The Hall–Kier alpha value is -1.15. The highest BCUT2D eigenvalue weighted by molar-refractivity contribution is 5.79. The minimum absolute atomic E-state index is 0.164. The number of aliphatic hydroxyl groups excluding tert-OH is 1. The Labute approximate surface area is 140 Å². The molecule has 23 heavy (non-hydrogen) atoms. The van der Waals surface area contributed by atoms with Gasteiger partial charge in [-0.1, -0.05) is 36.8 Å². The maximum absolute atomic E-state index is 12.0. The van der Waals surface area contributed by atoms with Gasteiger partial charge in [0.1, 0.15) is 5.78 Å². The van der Waals surface area contributed by atoms with E-state index < -0.39 is 0 Å². The minimum atomic E-state index is -0.213. The van der Waals surface area contributed by atoms with Crippen LogP contribution in [-0.2, 0) is 4.79 Å². The molecule has 2 unspecified atom stereocenters. The molecule has 1 N–H and O–H groups in total. The summed E-state index contributed by atoms with van der Waals surface area (Å²) in [5.41, 5.74) is 4.07. The Kier molecular flexibility index (Phi) is 4.64. The van der Waals surface area contributed by atoms with E-state index in [1.165, 1.54) is 29.6 Å². The van der Waals surface area contributed by atoms with Crippen LogP contribution in [0.15, 0.2) is 35.5 Å². The van der Waals surface area contributed by atoms with Gasteiger partial charge in [0.15, 0.2) is 0 Å². The number of ketones is 1. The highest BCUT2D eigenvalue weighted by atomic mass is 16.3. The van der Waals surface area contributed by atoms with Gasteiger partial charge in [-0.05, 0) is 75.2 Å². The lowest BCUT2D eigenvalue weighted by Gasteiger charge is -2.41. The van der Waals surface area contributed by atoms with Crippen molar-refractivity contribution in [3.05, 3.63) is 35.5 Å². The molecule has 126 valence electrons. The summed E-state index contributed by atoms with van der Waals surface area (Å²) in [4.78, 5) is 12.0. The van der Waals surface area contributed by atoms with Crippen LogP contribution in [0.4, 0.5) is 0 Å². The van der Waals surface area contributed by atoms with Crippen LogP contribution in [0.1, 0.15) is 65.2 Å². The smallest absolute Gasteiger partial charge is 0.133 e. The number of hydrogen-bond donors (Lipinski definition) is 1. The molecular formula is C21H30O2. The van der Waals surface area contributed by atoms with Crippen molar-refractivity contribution >= 4 is 5.78 Å². The maximum Gasteiger partial charge on any atom is 0.133 e. The van der Waals surface area contributed by atoms with Crippen LogP contribution >= 0.6 is 0 Å². The Morgan fingerprint density at radius 2 is 2.04 bits per heavy atom. The second-order valence-corrected chi connectivity index (χ2v) is 8.09. The molecule has 0 aromatic heterocycles. The lowest BCUT2D eigenvalue weighted by atomic mass is 9.63. The highest BCUT2D eigenvalue weighted by Gasteiger charge is 2.50. The van der Waals surface area contributed by atoms with E-state index in [0.29, 0.717) is 11.7 Å². The van der Waals surface area contributed by atoms with Gasteiger partial charge >= 0.3 is 0 Å². The molecule has 0 saturated heterocycles. The van der Waals surface area contributed by atoms with Crippen molar-refractivity contribution in [2.24, 2.45) is 17.3 Å². The number of aliphatic hydroxyl groups is 1. The van der Waals surface area contributed by atoms with E-state index in [9.17, 15) is 9.90 Å². The van der Waals surface area contributed by atoms with Crippen molar-refractivity contribution in [1.29, 1.82) is 0 Å². The third-order valence-corrected chi connectivity index (χ3v) is 6.64. The van der Waals surface area contributed by atoms with Crippen LogP contribution in [0.2, 0.25) is 0 Å². The van der Waals surface area contributed by atoms with Crippen LogP contribution < -0.4 is 0 Å². The zero-order valence-corrected chi connectivity index (χ0v) is 14.6. The molecule has 0 radical (unpaired) electrons. The van der Waals surface area contributed by atoms with Crippen molar-refractivity contribution in [2.75, 3.05) is 0 Å². The molecule has 4 atom stereocenters. The number of fused-ring (bicyclic) bond motifs is 1. The van der Waals surface area contributed by atoms with E-state index >= 15 is 0 Å². The molecule has 2 heteroatoms. The molecule has 0 aliphatic heterocycles.